The number of aryl methyl sites for hydroxylation is 1. The molecule has 0 radical (unpaired) electrons. The average molecular weight is 407 g/mol. The molecular weight excluding hydrogens is 376 g/mol. The molecule has 0 spiro atoms. The van der Waals surface area contributed by atoms with E-state index in [1.165, 1.54) is 0 Å². The number of hydrogen-bond acceptors (Lipinski definition) is 4. The number of carbonyl (C=O) groups excluding carboxylic acids is 1. The monoisotopic (exact) mass is 406 g/mol. The first kappa shape index (κ1) is 21.6. The highest BCUT2D eigenvalue weighted by Gasteiger charge is 2.29. The van der Waals surface area contributed by atoms with Crippen molar-refractivity contribution in [1.29, 1.82) is 0 Å². The summed E-state index contributed by atoms with van der Waals surface area (Å²) in [5, 5.41) is 0. The lowest BCUT2D eigenvalue weighted by atomic mass is 9.93. The molecule has 1 amide bonds. The van der Waals surface area contributed by atoms with Gasteiger partial charge in [0.05, 0.1) is 25.4 Å². The van der Waals surface area contributed by atoms with E-state index in [9.17, 15) is 4.79 Å². The summed E-state index contributed by atoms with van der Waals surface area (Å²) in [5.41, 5.74) is 2.51. The SMILES string of the molecule is COc1ccc(C(C)N(Cc2ccccn2)C(=O)c2oc(C(C)(C)C)cc2C)cc1. The number of ether oxygens (including phenoxy) is 1. The number of amides is 1. The van der Waals surface area contributed by atoms with Gasteiger partial charge in [0, 0.05) is 17.2 Å². The summed E-state index contributed by atoms with van der Waals surface area (Å²) < 4.78 is 11.3. The van der Waals surface area contributed by atoms with Crippen LogP contribution < -0.4 is 4.74 Å². The van der Waals surface area contributed by atoms with Crippen molar-refractivity contribution in [3.8, 4) is 5.75 Å². The Bertz CT molecular complexity index is 985. The highest BCUT2D eigenvalue weighted by molar-refractivity contribution is 5.93. The third-order valence-corrected chi connectivity index (χ3v) is 5.24. The summed E-state index contributed by atoms with van der Waals surface area (Å²) in [6.45, 7) is 10.5. The van der Waals surface area contributed by atoms with E-state index in [0.29, 0.717) is 12.3 Å². The lowest BCUT2D eigenvalue weighted by Crippen LogP contribution is -2.33. The second-order valence-electron chi connectivity index (χ2n) is 8.58. The number of hydrogen-bond donors (Lipinski definition) is 0. The summed E-state index contributed by atoms with van der Waals surface area (Å²) in [4.78, 5) is 19.9. The highest BCUT2D eigenvalue weighted by atomic mass is 16.5. The molecule has 3 aromatic rings. The zero-order chi connectivity index (χ0) is 21.9. The molecule has 0 saturated carbocycles. The second kappa shape index (κ2) is 8.74. The quantitative estimate of drug-likeness (QED) is 0.527. The fourth-order valence-corrected chi connectivity index (χ4v) is 3.31. The molecule has 1 atom stereocenters. The Balaban J connectivity index is 1.98. The number of nitrogens with zero attached hydrogens (tertiary/aromatic N) is 2. The topological polar surface area (TPSA) is 55.6 Å². The number of furan rings is 1. The number of benzene rings is 1. The van der Waals surface area contributed by atoms with Crippen LogP contribution in [0.15, 0.2) is 59.1 Å². The van der Waals surface area contributed by atoms with E-state index in [1.807, 2.05) is 67.3 Å². The van der Waals surface area contributed by atoms with Crippen LogP contribution in [0.5, 0.6) is 5.75 Å². The van der Waals surface area contributed by atoms with Crippen molar-refractivity contribution >= 4 is 5.91 Å². The van der Waals surface area contributed by atoms with E-state index < -0.39 is 0 Å². The van der Waals surface area contributed by atoms with Gasteiger partial charge < -0.3 is 14.1 Å². The normalized spacial score (nSPS) is 12.5. The van der Waals surface area contributed by atoms with Crippen LogP contribution in [0.1, 0.15) is 66.9 Å². The zero-order valence-electron chi connectivity index (χ0n) is 18.6. The maximum absolute atomic E-state index is 13.6. The van der Waals surface area contributed by atoms with Gasteiger partial charge in [-0.25, -0.2) is 0 Å². The summed E-state index contributed by atoms with van der Waals surface area (Å²) >= 11 is 0. The van der Waals surface area contributed by atoms with E-state index in [4.69, 9.17) is 9.15 Å². The first-order chi connectivity index (χ1) is 14.2. The van der Waals surface area contributed by atoms with E-state index in [1.54, 1.807) is 13.3 Å². The lowest BCUT2D eigenvalue weighted by Gasteiger charge is -2.29. The van der Waals surface area contributed by atoms with Crippen molar-refractivity contribution in [1.82, 2.24) is 9.88 Å². The number of rotatable bonds is 6. The summed E-state index contributed by atoms with van der Waals surface area (Å²) in [6.07, 6.45) is 1.74. The molecule has 3 rings (SSSR count). The van der Waals surface area contributed by atoms with Crippen LogP contribution in [0.2, 0.25) is 0 Å². The predicted molar refractivity (Wildman–Crippen MR) is 118 cm³/mol. The molecule has 0 fully saturated rings. The minimum Gasteiger partial charge on any atom is -0.497 e. The highest BCUT2D eigenvalue weighted by Crippen LogP contribution is 2.31. The Morgan fingerprint density at radius 3 is 2.40 bits per heavy atom. The van der Waals surface area contributed by atoms with Gasteiger partial charge in [-0.2, -0.15) is 0 Å². The van der Waals surface area contributed by atoms with E-state index in [-0.39, 0.29) is 17.4 Å². The smallest absolute Gasteiger partial charge is 0.290 e. The van der Waals surface area contributed by atoms with Crippen LogP contribution >= 0.6 is 0 Å². The van der Waals surface area contributed by atoms with E-state index in [2.05, 4.69) is 25.8 Å². The molecule has 2 aromatic heterocycles. The van der Waals surface area contributed by atoms with Gasteiger partial charge in [-0.1, -0.05) is 39.0 Å². The Morgan fingerprint density at radius 1 is 1.17 bits per heavy atom. The molecule has 5 nitrogen and oxygen atoms in total. The molecule has 1 aromatic carbocycles. The minimum atomic E-state index is -0.173. The van der Waals surface area contributed by atoms with Gasteiger partial charge >= 0.3 is 0 Å². The van der Waals surface area contributed by atoms with Crippen molar-refractivity contribution in [2.24, 2.45) is 0 Å². The number of aromatic nitrogens is 1. The fourth-order valence-electron chi connectivity index (χ4n) is 3.31. The zero-order valence-corrected chi connectivity index (χ0v) is 18.6. The van der Waals surface area contributed by atoms with Crippen molar-refractivity contribution in [2.45, 2.75) is 52.6 Å². The molecule has 30 heavy (non-hydrogen) atoms. The van der Waals surface area contributed by atoms with Crippen LogP contribution in [0.4, 0.5) is 0 Å². The Kier molecular flexibility index (Phi) is 6.30. The van der Waals surface area contributed by atoms with Crippen molar-refractivity contribution in [3.05, 3.63) is 83.1 Å². The Hall–Kier alpha value is -3.08. The van der Waals surface area contributed by atoms with Gasteiger partial charge in [0.2, 0.25) is 0 Å². The fraction of sp³-hybridized carbons (Fsp3) is 0.360. The van der Waals surface area contributed by atoms with Crippen LogP contribution in [0, 0.1) is 6.92 Å². The van der Waals surface area contributed by atoms with Crippen molar-refractivity contribution in [3.63, 3.8) is 0 Å². The van der Waals surface area contributed by atoms with Gasteiger partial charge in [-0.05, 0) is 49.7 Å². The second-order valence-corrected chi connectivity index (χ2v) is 8.58. The maximum atomic E-state index is 13.6. The van der Waals surface area contributed by atoms with Crippen LogP contribution in [-0.2, 0) is 12.0 Å². The molecule has 0 aliphatic rings. The van der Waals surface area contributed by atoms with Crippen LogP contribution in [0.25, 0.3) is 0 Å². The molecule has 1 unspecified atom stereocenters. The van der Waals surface area contributed by atoms with Gasteiger partial charge in [0.1, 0.15) is 11.5 Å². The van der Waals surface area contributed by atoms with Crippen molar-refractivity contribution in [2.75, 3.05) is 7.11 Å². The predicted octanol–water partition coefficient (Wildman–Crippen LogP) is 5.69. The average Bonchev–Trinajstić information content (AvgIpc) is 3.14. The van der Waals surface area contributed by atoms with E-state index in [0.717, 1.165) is 28.3 Å². The van der Waals surface area contributed by atoms with Gasteiger partial charge in [0.15, 0.2) is 5.76 Å². The molecule has 0 aliphatic heterocycles. The van der Waals surface area contributed by atoms with Crippen molar-refractivity contribution < 1.29 is 13.9 Å². The first-order valence-corrected chi connectivity index (χ1v) is 10.2. The lowest BCUT2D eigenvalue weighted by molar-refractivity contribution is 0.0634. The maximum Gasteiger partial charge on any atom is 0.290 e. The summed E-state index contributed by atoms with van der Waals surface area (Å²) in [6, 6.07) is 15.3. The van der Waals surface area contributed by atoms with E-state index >= 15 is 0 Å². The third kappa shape index (κ3) is 4.73. The first-order valence-electron chi connectivity index (χ1n) is 10.2. The standard InChI is InChI=1S/C25H30N2O3/c1-17-15-22(25(3,4)5)30-23(17)24(28)27(16-20-9-7-8-14-26-20)18(2)19-10-12-21(29-6)13-11-19/h7-15,18H,16H2,1-6H3. The van der Waals surface area contributed by atoms with Crippen LogP contribution in [0.3, 0.4) is 0 Å². The number of pyridine rings is 1. The van der Waals surface area contributed by atoms with Gasteiger partial charge in [0.25, 0.3) is 5.91 Å². The number of carbonyl (C=O) groups is 1. The van der Waals surface area contributed by atoms with Gasteiger partial charge in [-0.3, -0.25) is 9.78 Å². The molecular formula is C25H30N2O3. The Morgan fingerprint density at radius 2 is 1.87 bits per heavy atom. The van der Waals surface area contributed by atoms with Gasteiger partial charge in [-0.15, -0.1) is 0 Å². The molecule has 0 saturated heterocycles. The minimum absolute atomic E-state index is 0.142. The largest absolute Gasteiger partial charge is 0.497 e. The summed E-state index contributed by atoms with van der Waals surface area (Å²) in [7, 11) is 1.64. The molecule has 0 N–H and O–H groups in total. The molecule has 158 valence electrons. The molecule has 2 heterocycles. The molecule has 0 aliphatic carbocycles. The number of methoxy groups -OCH3 is 1. The summed E-state index contributed by atoms with van der Waals surface area (Å²) in [5.74, 6) is 1.83. The Labute approximate surface area is 178 Å². The molecule has 5 heteroatoms. The van der Waals surface area contributed by atoms with Crippen LogP contribution in [-0.4, -0.2) is 22.9 Å². The third-order valence-electron chi connectivity index (χ3n) is 5.24. The molecule has 0 bridgehead atoms.